The van der Waals surface area contributed by atoms with Crippen LogP contribution in [0.25, 0.3) is 0 Å². The highest BCUT2D eigenvalue weighted by Gasteiger charge is 2.14. The molecule has 0 aliphatic heterocycles. The summed E-state index contributed by atoms with van der Waals surface area (Å²) < 4.78 is 5.16. The van der Waals surface area contributed by atoms with Crippen LogP contribution in [0.3, 0.4) is 0 Å². The second-order valence-corrected chi connectivity index (χ2v) is 3.09. The summed E-state index contributed by atoms with van der Waals surface area (Å²) in [5, 5.41) is 8.64. The van der Waals surface area contributed by atoms with Crippen molar-refractivity contribution in [3.63, 3.8) is 0 Å². The average molecular weight is 195 g/mol. The Kier molecular flexibility index (Phi) is 2.96. The summed E-state index contributed by atoms with van der Waals surface area (Å²) in [4.78, 5) is 10.5. The van der Waals surface area contributed by atoms with E-state index in [2.05, 4.69) is 0 Å². The zero-order chi connectivity index (χ0) is 10.7. The molecule has 0 radical (unpaired) electrons. The molecule has 76 valence electrons. The highest BCUT2D eigenvalue weighted by molar-refractivity contribution is 5.72. The van der Waals surface area contributed by atoms with E-state index in [0.717, 1.165) is 5.56 Å². The minimum atomic E-state index is -1.01. The number of anilines is 1. The molecule has 1 unspecified atom stereocenters. The Labute approximate surface area is 82.3 Å². The van der Waals surface area contributed by atoms with E-state index in [4.69, 9.17) is 15.6 Å². The number of carboxylic acid groups (broad SMARTS) is 1. The zero-order valence-electron chi connectivity index (χ0n) is 8.15. The molecule has 14 heavy (non-hydrogen) atoms. The first-order chi connectivity index (χ1) is 6.52. The van der Waals surface area contributed by atoms with E-state index in [-0.39, 0.29) is 0 Å². The van der Waals surface area contributed by atoms with Crippen molar-refractivity contribution < 1.29 is 14.6 Å². The Hall–Kier alpha value is -1.71. The van der Waals surface area contributed by atoms with Crippen LogP contribution in [0.5, 0.6) is 5.75 Å². The van der Waals surface area contributed by atoms with Crippen molar-refractivity contribution in [3.05, 3.63) is 23.8 Å². The number of rotatable bonds is 3. The SMILES string of the molecule is Cc1cccc(OC(C)C(=O)O)c1N. The number of para-hydroxylation sites is 1. The third kappa shape index (κ3) is 2.16. The number of hydrogen-bond donors (Lipinski definition) is 2. The number of ether oxygens (including phenoxy) is 1. The fourth-order valence-corrected chi connectivity index (χ4v) is 0.997. The fraction of sp³-hybridized carbons (Fsp3) is 0.300. The Balaban J connectivity index is 2.87. The molecule has 0 amide bonds. The number of aryl methyl sites for hydroxylation is 1. The number of aliphatic carboxylic acids is 1. The summed E-state index contributed by atoms with van der Waals surface area (Å²) in [6, 6.07) is 5.27. The molecule has 0 aliphatic rings. The second-order valence-electron chi connectivity index (χ2n) is 3.09. The summed E-state index contributed by atoms with van der Waals surface area (Å²) in [6.07, 6.45) is -0.890. The highest BCUT2D eigenvalue weighted by atomic mass is 16.5. The molecule has 1 aromatic rings. The Morgan fingerprint density at radius 2 is 2.21 bits per heavy atom. The molecule has 3 N–H and O–H groups in total. The maximum absolute atomic E-state index is 10.5. The minimum absolute atomic E-state index is 0.417. The van der Waals surface area contributed by atoms with Gasteiger partial charge in [0.15, 0.2) is 6.10 Å². The van der Waals surface area contributed by atoms with Gasteiger partial charge >= 0.3 is 5.97 Å². The first kappa shape index (κ1) is 10.4. The number of nitrogens with two attached hydrogens (primary N) is 1. The third-order valence-corrected chi connectivity index (χ3v) is 1.94. The molecule has 4 heteroatoms. The standard InChI is InChI=1S/C10H13NO3/c1-6-4-3-5-8(9(6)11)14-7(2)10(12)13/h3-5,7H,11H2,1-2H3,(H,12,13). The van der Waals surface area contributed by atoms with Crippen LogP contribution in [-0.4, -0.2) is 17.2 Å². The lowest BCUT2D eigenvalue weighted by Crippen LogP contribution is -2.23. The molecule has 1 atom stereocenters. The maximum atomic E-state index is 10.5. The van der Waals surface area contributed by atoms with E-state index < -0.39 is 12.1 Å². The summed E-state index contributed by atoms with van der Waals surface area (Å²) >= 11 is 0. The topological polar surface area (TPSA) is 72.5 Å². The largest absolute Gasteiger partial charge is 0.479 e. The van der Waals surface area contributed by atoms with Gasteiger partial charge in [0.25, 0.3) is 0 Å². The zero-order valence-corrected chi connectivity index (χ0v) is 8.15. The molecule has 0 fully saturated rings. The van der Waals surface area contributed by atoms with Crippen LogP contribution in [0.4, 0.5) is 5.69 Å². The number of nitrogen functional groups attached to an aromatic ring is 1. The molecule has 1 rings (SSSR count). The molecule has 1 aromatic carbocycles. The van der Waals surface area contributed by atoms with Crippen molar-refractivity contribution in [2.24, 2.45) is 0 Å². The molecule has 4 nitrogen and oxygen atoms in total. The predicted molar refractivity (Wildman–Crippen MR) is 53.3 cm³/mol. The Morgan fingerprint density at radius 1 is 1.57 bits per heavy atom. The first-order valence-corrected chi connectivity index (χ1v) is 4.27. The third-order valence-electron chi connectivity index (χ3n) is 1.94. The molecule has 0 heterocycles. The smallest absolute Gasteiger partial charge is 0.344 e. The van der Waals surface area contributed by atoms with Gasteiger partial charge in [-0.1, -0.05) is 12.1 Å². The Bertz CT molecular complexity index is 349. The van der Waals surface area contributed by atoms with E-state index in [1.54, 1.807) is 12.1 Å². The average Bonchev–Trinajstić information content (AvgIpc) is 2.12. The lowest BCUT2D eigenvalue weighted by atomic mass is 10.2. The van der Waals surface area contributed by atoms with Crippen LogP contribution >= 0.6 is 0 Å². The normalized spacial score (nSPS) is 12.1. The number of carboxylic acids is 1. The summed E-state index contributed by atoms with van der Waals surface area (Å²) in [7, 11) is 0. The molecular weight excluding hydrogens is 182 g/mol. The fourth-order valence-electron chi connectivity index (χ4n) is 0.997. The van der Waals surface area contributed by atoms with Crippen molar-refractivity contribution in [3.8, 4) is 5.75 Å². The van der Waals surface area contributed by atoms with E-state index in [1.807, 2.05) is 13.0 Å². The molecule has 0 bridgehead atoms. The van der Waals surface area contributed by atoms with Gasteiger partial charge < -0.3 is 15.6 Å². The lowest BCUT2D eigenvalue weighted by Gasteiger charge is -2.13. The van der Waals surface area contributed by atoms with Gasteiger partial charge in [-0.3, -0.25) is 0 Å². The van der Waals surface area contributed by atoms with Crippen LogP contribution in [0.2, 0.25) is 0 Å². The maximum Gasteiger partial charge on any atom is 0.344 e. The second kappa shape index (κ2) is 4.00. The van der Waals surface area contributed by atoms with E-state index in [9.17, 15) is 4.79 Å². The number of carbonyl (C=O) groups is 1. The van der Waals surface area contributed by atoms with E-state index >= 15 is 0 Å². The van der Waals surface area contributed by atoms with Gasteiger partial charge in [0.05, 0.1) is 5.69 Å². The van der Waals surface area contributed by atoms with Gasteiger partial charge in [0.1, 0.15) is 5.75 Å². The van der Waals surface area contributed by atoms with Gasteiger partial charge in [-0.15, -0.1) is 0 Å². The number of hydrogen-bond acceptors (Lipinski definition) is 3. The predicted octanol–water partition coefficient (Wildman–Crippen LogP) is 1.43. The molecule has 0 aromatic heterocycles. The van der Waals surface area contributed by atoms with Gasteiger partial charge in [-0.2, -0.15) is 0 Å². The van der Waals surface area contributed by atoms with Crippen molar-refractivity contribution in [1.29, 1.82) is 0 Å². The van der Waals surface area contributed by atoms with Gasteiger partial charge in [-0.25, -0.2) is 4.79 Å². The highest BCUT2D eigenvalue weighted by Crippen LogP contribution is 2.25. The monoisotopic (exact) mass is 195 g/mol. The van der Waals surface area contributed by atoms with Crippen LogP contribution in [0, 0.1) is 6.92 Å². The molecule has 0 aliphatic carbocycles. The van der Waals surface area contributed by atoms with Crippen LogP contribution in [0.1, 0.15) is 12.5 Å². The minimum Gasteiger partial charge on any atom is -0.479 e. The van der Waals surface area contributed by atoms with Crippen LogP contribution in [-0.2, 0) is 4.79 Å². The Morgan fingerprint density at radius 3 is 2.79 bits per heavy atom. The molecule has 0 spiro atoms. The van der Waals surface area contributed by atoms with Gasteiger partial charge in [0.2, 0.25) is 0 Å². The van der Waals surface area contributed by atoms with Crippen LogP contribution < -0.4 is 10.5 Å². The van der Waals surface area contributed by atoms with Gasteiger partial charge in [-0.05, 0) is 25.5 Å². The van der Waals surface area contributed by atoms with E-state index in [0.29, 0.717) is 11.4 Å². The van der Waals surface area contributed by atoms with Crippen molar-refractivity contribution in [2.45, 2.75) is 20.0 Å². The summed E-state index contributed by atoms with van der Waals surface area (Å²) in [6.45, 7) is 3.30. The van der Waals surface area contributed by atoms with Crippen molar-refractivity contribution in [2.75, 3.05) is 5.73 Å². The molecule has 0 saturated carbocycles. The summed E-state index contributed by atoms with van der Waals surface area (Å²) in [5.74, 6) is -0.592. The van der Waals surface area contributed by atoms with Crippen LogP contribution in [0.15, 0.2) is 18.2 Å². The van der Waals surface area contributed by atoms with Gasteiger partial charge in [0, 0.05) is 0 Å². The lowest BCUT2D eigenvalue weighted by molar-refractivity contribution is -0.144. The quantitative estimate of drug-likeness (QED) is 0.715. The van der Waals surface area contributed by atoms with E-state index in [1.165, 1.54) is 6.92 Å². The molecule has 0 saturated heterocycles. The van der Waals surface area contributed by atoms with Crippen molar-refractivity contribution >= 4 is 11.7 Å². The van der Waals surface area contributed by atoms with Crippen molar-refractivity contribution in [1.82, 2.24) is 0 Å². The first-order valence-electron chi connectivity index (χ1n) is 4.27. The molecular formula is C10H13NO3. The number of benzene rings is 1. The summed E-state index contributed by atoms with van der Waals surface area (Å²) in [5.41, 5.74) is 7.07.